The Bertz CT molecular complexity index is 773. The van der Waals surface area contributed by atoms with Crippen molar-refractivity contribution in [3.8, 4) is 6.07 Å². The number of hydrogen-bond donors (Lipinski definition) is 0. The van der Waals surface area contributed by atoms with Crippen LogP contribution in [-0.2, 0) is 18.2 Å². The summed E-state index contributed by atoms with van der Waals surface area (Å²) in [5.41, 5.74) is 3.44. The molecule has 0 aliphatic carbocycles. The number of nitriles is 1. The second kappa shape index (κ2) is 6.27. The van der Waals surface area contributed by atoms with Gasteiger partial charge in [-0.3, -0.25) is 4.79 Å². The fourth-order valence-electron chi connectivity index (χ4n) is 2.99. The van der Waals surface area contributed by atoms with Gasteiger partial charge in [-0.1, -0.05) is 24.3 Å². The smallest absolute Gasteiger partial charge is 0.270 e. The van der Waals surface area contributed by atoms with E-state index in [9.17, 15) is 4.79 Å². The summed E-state index contributed by atoms with van der Waals surface area (Å²) in [5, 5.41) is 8.96. The molecule has 5 heteroatoms. The Hall–Kier alpha value is -2.58. The number of likely N-dealkylation sites (N-methyl/N-ethyl adjacent to an activating group) is 1. The zero-order valence-electron chi connectivity index (χ0n) is 13.3. The van der Waals surface area contributed by atoms with E-state index in [1.54, 1.807) is 35.8 Å². The first kappa shape index (κ1) is 15.3. The molecule has 0 bridgehead atoms. The van der Waals surface area contributed by atoms with Crippen molar-refractivity contribution in [2.24, 2.45) is 7.05 Å². The number of aryl methyl sites for hydroxylation is 1. The summed E-state index contributed by atoms with van der Waals surface area (Å²) in [6.07, 6.45) is 2.46. The minimum absolute atomic E-state index is 0.107. The second-order valence-electron chi connectivity index (χ2n) is 5.83. The van der Waals surface area contributed by atoms with E-state index in [4.69, 9.17) is 10.00 Å². The molecule has 0 N–H and O–H groups in total. The molecule has 1 aromatic carbocycles. The Kier molecular flexibility index (Phi) is 4.18. The predicted molar refractivity (Wildman–Crippen MR) is 85.9 cm³/mol. The van der Waals surface area contributed by atoms with Crippen LogP contribution in [0, 0.1) is 11.3 Å². The van der Waals surface area contributed by atoms with Gasteiger partial charge < -0.3 is 14.2 Å². The van der Waals surface area contributed by atoms with Crippen LogP contribution in [0.4, 0.5) is 0 Å². The third-order valence-electron chi connectivity index (χ3n) is 4.23. The quantitative estimate of drug-likeness (QED) is 0.874. The van der Waals surface area contributed by atoms with E-state index in [0.717, 1.165) is 12.0 Å². The van der Waals surface area contributed by atoms with E-state index in [-0.39, 0.29) is 12.0 Å². The van der Waals surface area contributed by atoms with Gasteiger partial charge in [0.15, 0.2) is 0 Å². The number of ether oxygens (including phenoxy) is 1. The lowest BCUT2D eigenvalue weighted by molar-refractivity contribution is 0.0197. The lowest BCUT2D eigenvalue weighted by Gasteiger charge is -2.29. The topological polar surface area (TPSA) is 58.3 Å². The summed E-state index contributed by atoms with van der Waals surface area (Å²) in [6.45, 7) is 1.16. The molecule has 1 atom stereocenters. The average molecular weight is 309 g/mol. The molecular weight excluding hydrogens is 290 g/mol. The van der Waals surface area contributed by atoms with Crippen LogP contribution >= 0.6 is 0 Å². The van der Waals surface area contributed by atoms with E-state index < -0.39 is 0 Å². The molecule has 1 aliphatic rings. The van der Waals surface area contributed by atoms with Crippen molar-refractivity contribution in [1.29, 1.82) is 5.26 Å². The van der Waals surface area contributed by atoms with Crippen molar-refractivity contribution >= 4 is 5.91 Å². The average Bonchev–Trinajstić information content (AvgIpc) is 2.95. The summed E-state index contributed by atoms with van der Waals surface area (Å²) < 4.78 is 7.55. The van der Waals surface area contributed by atoms with Gasteiger partial charge in [0.05, 0.1) is 18.7 Å². The molecule has 0 saturated heterocycles. The van der Waals surface area contributed by atoms with Crippen molar-refractivity contribution in [1.82, 2.24) is 9.47 Å². The van der Waals surface area contributed by atoms with Crippen molar-refractivity contribution in [2.45, 2.75) is 12.5 Å². The van der Waals surface area contributed by atoms with E-state index in [2.05, 4.69) is 18.2 Å². The van der Waals surface area contributed by atoms with Gasteiger partial charge in [-0.2, -0.15) is 5.26 Å². The highest BCUT2D eigenvalue weighted by molar-refractivity contribution is 5.93. The van der Waals surface area contributed by atoms with Gasteiger partial charge in [0.1, 0.15) is 17.9 Å². The number of carbonyl (C=O) groups is 1. The molecule has 1 amide bonds. The van der Waals surface area contributed by atoms with Gasteiger partial charge in [0.25, 0.3) is 5.91 Å². The lowest BCUT2D eigenvalue weighted by atomic mass is 9.97. The predicted octanol–water partition coefficient (Wildman–Crippen LogP) is 2.28. The highest BCUT2D eigenvalue weighted by Gasteiger charge is 2.25. The fourth-order valence-corrected chi connectivity index (χ4v) is 2.99. The largest absolute Gasteiger partial charge is 0.371 e. The monoisotopic (exact) mass is 309 g/mol. The first-order valence-corrected chi connectivity index (χ1v) is 7.61. The van der Waals surface area contributed by atoms with Crippen molar-refractivity contribution in [2.75, 3.05) is 20.2 Å². The maximum absolute atomic E-state index is 12.6. The molecule has 0 spiro atoms. The Morgan fingerprint density at radius 1 is 1.48 bits per heavy atom. The molecular formula is C18H19N3O2. The number of rotatable bonds is 3. The number of fused-ring (bicyclic) bond motifs is 1. The number of carbonyl (C=O) groups excluding carboxylic acids is 1. The zero-order valence-corrected chi connectivity index (χ0v) is 13.3. The maximum Gasteiger partial charge on any atom is 0.270 e. The van der Waals surface area contributed by atoms with Crippen molar-refractivity contribution in [3.05, 3.63) is 58.9 Å². The van der Waals surface area contributed by atoms with Crippen LogP contribution in [-0.4, -0.2) is 35.6 Å². The Morgan fingerprint density at radius 3 is 3.00 bits per heavy atom. The third-order valence-corrected chi connectivity index (χ3v) is 4.23. The molecule has 0 fully saturated rings. The number of nitrogens with zero attached hydrogens (tertiary/aromatic N) is 3. The SMILES string of the molecule is CN(CC1OCCc2ccccc21)C(=O)c1cc(C#N)cn1C. The highest BCUT2D eigenvalue weighted by atomic mass is 16.5. The highest BCUT2D eigenvalue weighted by Crippen LogP contribution is 2.27. The molecule has 118 valence electrons. The van der Waals surface area contributed by atoms with Crippen LogP contribution in [0.15, 0.2) is 36.5 Å². The van der Waals surface area contributed by atoms with Crippen molar-refractivity contribution in [3.63, 3.8) is 0 Å². The van der Waals surface area contributed by atoms with Gasteiger partial charge in [-0.15, -0.1) is 0 Å². The van der Waals surface area contributed by atoms with Gasteiger partial charge in [0.2, 0.25) is 0 Å². The maximum atomic E-state index is 12.6. The minimum Gasteiger partial charge on any atom is -0.371 e. The molecule has 3 rings (SSSR count). The van der Waals surface area contributed by atoms with Crippen LogP contribution in [0.3, 0.4) is 0 Å². The van der Waals surface area contributed by atoms with Crippen LogP contribution < -0.4 is 0 Å². The molecule has 1 aliphatic heterocycles. The standard InChI is InChI=1S/C18H19N3O2/c1-20-11-13(10-19)9-16(20)18(22)21(2)12-17-15-6-4-3-5-14(15)7-8-23-17/h3-6,9,11,17H,7-8,12H2,1-2H3. The molecule has 1 aromatic heterocycles. The normalized spacial score (nSPS) is 16.5. The summed E-state index contributed by atoms with van der Waals surface area (Å²) in [5.74, 6) is -0.111. The Morgan fingerprint density at radius 2 is 2.26 bits per heavy atom. The summed E-state index contributed by atoms with van der Waals surface area (Å²) >= 11 is 0. The van der Waals surface area contributed by atoms with Crippen LogP contribution in [0.2, 0.25) is 0 Å². The molecule has 2 heterocycles. The third kappa shape index (κ3) is 2.99. The number of aromatic nitrogens is 1. The number of amides is 1. The van der Waals surface area contributed by atoms with Crippen molar-refractivity contribution < 1.29 is 9.53 Å². The molecule has 23 heavy (non-hydrogen) atoms. The summed E-state index contributed by atoms with van der Waals surface area (Å²) in [4.78, 5) is 14.3. The second-order valence-corrected chi connectivity index (χ2v) is 5.83. The van der Waals surface area contributed by atoms with Crippen LogP contribution in [0.1, 0.15) is 33.3 Å². The van der Waals surface area contributed by atoms with E-state index in [1.807, 2.05) is 12.1 Å². The molecule has 2 aromatic rings. The first-order valence-electron chi connectivity index (χ1n) is 7.61. The van der Waals surface area contributed by atoms with E-state index in [0.29, 0.717) is 24.4 Å². The summed E-state index contributed by atoms with van der Waals surface area (Å²) in [7, 11) is 3.54. The van der Waals surface area contributed by atoms with Crippen LogP contribution in [0.5, 0.6) is 0 Å². The number of benzene rings is 1. The first-order chi connectivity index (χ1) is 11.1. The Balaban J connectivity index is 1.77. The number of hydrogen-bond acceptors (Lipinski definition) is 3. The summed E-state index contributed by atoms with van der Waals surface area (Å²) in [6, 6.07) is 11.9. The molecule has 0 radical (unpaired) electrons. The van der Waals surface area contributed by atoms with E-state index in [1.165, 1.54) is 5.56 Å². The minimum atomic E-state index is -0.111. The van der Waals surface area contributed by atoms with Gasteiger partial charge in [-0.25, -0.2) is 0 Å². The molecule has 0 saturated carbocycles. The molecule has 5 nitrogen and oxygen atoms in total. The van der Waals surface area contributed by atoms with Crippen LogP contribution in [0.25, 0.3) is 0 Å². The molecule has 1 unspecified atom stereocenters. The lowest BCUT2D eigenvalue weighted by Crippen LogP contribution is -2.34. The van der Waals surface area contributed by atoms with E-state index >= 15 is 0 Å². The fraction of sp³-hybridized carbons (Fsp3) is 0.333. The van der Waals surface area contributed by atoms with Gasteiger partial charge in [-0.05, 0) is 23.6 Å². The van der Waals surface area contributed by atoms with Gasteiger partial charge in [0, 0.05) is 20.3 Å². The zero-order chi connectivity index (χ0) is 16.4. The Labute approximate surface area is 135 Å². The van der Waals surface area contributed by atoms with Gasteiger partial charge >= 0.3 is 0 Å².